The van der Waals surface area contributed by atoms with E-state index in [2.05, 4.69) is 10.6 Å². The molecular weight excluding hydrogens is 196 g/mol. The van der Waals surface area contributed by atoms with Gasteiger partial charge in [-0.25, -0.2) is 0 Å². The van der Waals surface area contributed by atoms with Crippen LogP contribution in [0.1, 0.15) is 25.7 Å². The van der Waals surface area contributed by atoms with Crippen LogP contribution in [-0.4, -0.2) is 36.6 Å². The van der Waals surface area contributed by atoms with Crippen LogP contribution in [0.5, 0.6) is 0 Å². The third kappa shape index (κ3) is 4.78. The lowest BCUT2D eigenvalue weighted by Crippen LogP contribution is -2.40. The minimum atomic E-state index is -0.816. The number of hydrogen-bond donors (Lipinski definition) is 3. The van der Waals surface area contributed by atoms with E-state index >= 15 is 0 Å². The largest absolute Gasteiger partial charge is 0.481 e. The zero-order valence-electron chi connectivity index (χ0n) is 8.79. The smallest absolute Gasteiger partial charge is 0.303 e. The van der Waals surface area contributed by atoms with Crippen LogP contribution >= 0.6 is 0 Å². The zero-order valence-corrected chi connectivity index (χ0v) is 8.79. The molecule has 1 saturated heterocycles. The van der Waals surface area contributed by atoms with Crippen molar-refractivity contribution in [2.24, 2.45) is 5.92 Å². The molecule has 0 aromatic rings. The number of nitrogens with one attached hydrogen (secondary N) is 2. The second kappa shape index (κ2) is 6.40. The maximum absolute atomic E-state index is 11.5. The second-order valence-corrected chi connectivity index (χ2v) is 3.83. The summed E-state index contributed by atoms with van der Waals surface area (Å²) < 4.78 is 0. The van der Waals surface area contributed by atoms with Crippen LogP contribution in [-0.2, 0) is 9.59 Å². The lowest BCUT2D eigenvalue weighted by atomic mass is 9.99. The van der Waals surface area contributed by atoms with E-state index in [1.807, 2.05) is 0 Å². The number of aliphatic carboxylic acids is 1. The van der Waals surface area contributed by atoms with Crippen molar-refractivity contribution in [2.75, 3.05) is 19.6 Å². The van der Waals surface area contributed by atoms with E-state index in [-0.39, 0.29) is 18.2 Å². The van der Waals surface area contributed by atoms with Gasteiger partial charge in [-0.15, -0.1) is 0 Å². The van der Waals surface area contributed by atoms with E-state index in [4.69, 9.17) is 5.11 Å². The van der Waals surface area contributed by atoms with E-state index in [0.29, 0.717) is 13.0 Å². The normalized spacial score (nSPS) is 20.9. The number of carbonyl (C=O) groups is 2. The van der Waals surface area contributed by atoms with Crippen molar-refractivity contribution in [3.8, 4) is 0 Å². The third-order valence-corrected chi connectivity index (χ3v) is 2.53. The highest BCUT2D eigenvalue weighted by Crippen LogP contribution is 2.09. The van der Waals surface area contributed by atoms with E-state index in [1.54, 1.807) is 0 Å². The van der Waals surface area contributed by atoms with E-state index in [9.17, 15) is 9.59 Å². The average Bonchev–Trinajstić information content (AvgIpc) is 2.25. The Morgan fingerprint density at radius 2 is 2.27 bits per heavy atom. The standard InChI is InChI=1S/C10H18N2O3/c13-9(14)4-2-6-12-10(15)8-3-1-5-11-7-8/h8,11H,1-7H2,(H,12,15)(H,13,14). The van der Waals surface area contributed by atoms with Gasteiger partial charge in [0.1, 0.15) is 0 Å². The molecule has 1 atom stereocenters. The molecule has 0 radical (unpaired) electrons. The summed E-state index contributed by atoms with van der Waals surface area (Å²) in [4.78, 5) is 21.8. The number of carbonyl (C=O) groups excluding carboxylic acids is 1. The Balaban J connectivity index is 2.09. The maximum Gasteiger partial charge on any atom is 0.303 e. The topological polar surface area (TPSA) is 78.4 Å². The van der Waals surface area contributed by atoms with Crippen molar-refractivity contribution in [1.82, 2.24) is 10.6 Å². The van der Waals surface area contributed by atoms with Gasteiger partial charge in [-0.2, -0.15) is 0 Å². The minimum absolute atomic E-state index is 0.0487. The summed E-state index contributed by atoms with van der Waals surface area (Å²) in [7, 11) is 0. The molecule has 3 N–H and O–H groups in total. The highest BCUT2D eigenvalue weighted by Gasteiger charge is 2.19. The summed E-state index contributed by atoms with van der Waals surface area (Å²) in [6, 6.07) is 0. The van der Waals surface area contributed by atoms with Crippen molar-refractivity contribution in [3.63, 3.8) is 0 Å². The molecule has 1 aliphatic rings. The van der Waals surface area contributed by atoms with E-state index in [1.165, 1.54) is 0 Å². The van der Waals surface area contributed by atoms with Crippen LogP contribution in [0.3, 0.4) is 0 Å². The van der Waals surface area contributed by atoms with Crippen LogP contribution in [0, 0.1) is 5.92 Å². The van der Waals surface area contributed by atoms with Crippen LogP contribution in [0.15, 0.2) is 0 Å². The summed E-state index contributed by atoms with van der Waals surface area (Å²) in [6.07, 6.45) is 2.58. The van der Waals surface area contributed by atoms with Crippen molar-refractivity contribution in [2.45, 2.75) is 25.7 Å². The number of piperidine rings is 1. The Morgan fingerprint density at radius 1 is 1.47 bits per heavy atom. The highest BCUT2D eigenvalue weighted by atomic mass is 16.4. The molecule has 15 heavy (non-hydrogen) atoms. The minimum Gasteiger partial charge on any atom is -0.481 e. The second-order valence-electron chi connectivity index (χ2n) is 3.83. The van der Waals surface area contributed by atoms with Crippen molar-refractivity contribution in [1.29, 1.82) is 0 Å². The lowest BCUT2D eigenvalue weighted by Gasteiger charge is -2.21. The number of carboxylic acid groups (broad SMARTS) is 1. The van der Waals surface area contributed by atoms with Gasteiger partial charge < -0.3 is 15.7 Å². The average molecular weight is 214 g/mol. The molecule has 1 amide bonds. The Morgan fingerprint density at radius 3 is 2.87 bits per heavy atom. The fraction of sp³-hybridized carbons (Fsp3) is 0.800. The highest BCUT2D eigenvalue weighted by molar-refractivity contribution is 5.79. The molecule has 0 aliphatic carbocycles. The summed E-state index contributed by atoms with van der Waals surface area (Å²) >= 11 is 0. The molecular formula is C10H18N2O3. The maximum atomic E-state index is 11.5. The predicted molar refractivity (Wildman–Crippen MR) is 55.5 cm³/mol. The molecule has 0 bridgehead atoms. The molecule has 1 unspecified atom stereocenters. The molecule has 0 saturated carbocycles. The Bertz CT molecular complexity index is 225. The van der Waals surface area contributed by atoms with Gasteiger partial charge in [-0.1, -0.05) is 0 Å². The Labute approximate surface area is 89.2 Å². The lowest BCUT2D eigenvalue weighted by molar-refractivity contribution is -0.137. The van der Waals surface area contributed by atoms with Crippen molar-refractivity contribution < 1.29 is 14.7 Å². The number of hydrogen-bond acceptors (Lipinski definition) is 3. The van der Waals surface area contributed by atoms with Gasteiger partial charge in [-0.3, -0.25) is 9.59 Å². The van der Waals surface area contributed by atoms with Gasteiger partial charge in [0.05, 0.1) is 5.92 Å². The van der Waals surface area contributed by atoms with Gasteiger partial charge in [0, 0.05) is 19.5 Å². The number of amides is 1. The molecule has 1 fully saturated rings. The SMILES string of the molecule is O=C(O)CCCNC(=O)C1CCCNC1. The van der Waals surface area contributed by atoms with Crippen molar-refractivity contribution in [3.05, 3.63) is 0 Å². The van der Waals surface area contributed by atoms with Gasteiger partial charge in [0.2, 0.25) is 5.91 Å². The van der Waals surface area contributed by atoms with E-state index < -0.39 is 5.97 Å². The van der Waals surface area contributed by atoms with Crippen LogP contribution in [0.2, 0.25) is 0 Å². The first-order valence-corrected chi connectivity index (χ1v) is 5.40. The predicted octanol–water partition coefficient (Wildman–Crippen LogP) is -0.0330. The molecule has 0 aromatic heterocycles. The van der Waals surface area contributed by atoms with Gasteiger partial charge in [-0.05, 0) is 25.8 Å². The summed E-state index contributed by atoms with van der Waals surface area (Å²) in [5, 5.41) is 14.3. The first-order valence-electron chi connectivity index (χ1n) is 5.40. The van der Waals surface area contributed by atoms with Crippen LogP contribution in [0.4, 0.5) is 0 Å². The van der Waals surface area contributed by atoms with Gasteiger partial charge >= 0.3 is 5.97 Å². The molecule has 5 nitrogen and oxygen atoms in total. The summed E-state index contributed by atoms with van der Waals surface area (Å²) in [5.41, 5.74) is 0. The number of carboxylic acids is 1. The fourth-order valence-electron chi connectivity index (χ4n) is 1.67. The first-order chi connectivity index (χ1) is 7.20. The Kier molecular flexibility index (Phi) is 5.10. The van der Waals surface area contributed by atoms with Crippen molar-refractivity contribution >= 4 is 11.9 Å². The molecule has 0 spiro atoms. The Hall–Kier alpha value is -1.10. The van der Waals surface area contributed by atoms with Crippen LogP contribution in [0.25, 0.3) is 0 Å². The van der Waals surface area contributed by atoms with Gasteiger partial charge in [0.15, 0.2) is 0 Å². The molecule has 1 heterocycles. The molecule has 0 aromatic carbocycles. The molecule has 1 aliphatic heterocycles. The first kappa shape index (κ1) is 12.0. The zero-order chi connectivity index (χ0) is 11.1. The summed E-state index contributed by atoms with van der Waals surface area (Å²) in [6.45, 7) is 2.19. The third-order valence-electron chi connectivity index (χ3n) is 2.53. The molecule has 5 heteroatoms. The van der Waals surface area contributed by atoms with E-state index in [0.717, 1.165) is 25.9 Å². The molecule has 86 valence electrons. The monoisotopic (exact) mass is 214 g/mol. The quantitative estimate of drug-likeness (QED) is 0.561. The fourth-order valence-corrected chi connectivity index (χ4v) is 1.67. The number of rotatable bonds is 5. The molecule has 1 rings (SSSR count). The summed E-state index contributed by atoms with van der Waals surface area (Å²) in [5.74, 6) is -0.709. The van der Waals surface area contributed by atoms with Gasteiger partial charge in [0.25, 0.3) is 0 Å². The van der Waals surface area contributed by atoms with Crippen LogP contribution < -0.4 is 10.6 Å².